The molecular weight excluding hydrogens is 331 g/mol. The van der Waals surface area contributed by atoms with E-state index in [1.54, 1.807) is 11.1 Å². The minimum absolute atomic E-state index is 0.368. The summed E-state index contributed by atoms with van der Waals surface area (Å²) in [5.41, 5.74) is 10.6. The minimum atomic E-state index is -0.368. The van der Waals surface area contributed by atoms with Crippen LogP contribution in [0.4, 0.5) is 0 Å². The summed E-state index contributed by atoms with van der Waals surface area (Å²) in [5, 5.41) is 0. The Balaban J connectivity index is 1.56. The van der Waals surface area contributed by atoms with Crippen molar-refractivity contribution in [1.29, 1.82) is 0 Å². The van der Waals surface area contributed by atoms with E-state index in [1.165, 1.54) is 25.7 Å². The van der Waals surface area contributed by atoms with E-state index in [0.29, 0.717) is 0 Å². The van der Waals surface area contributed by atoms with Crippen molar-refractivity contribution < 1.29 is 23.2 Å². The number of allylic oxidation sites excluding steroid dienone is 8. The Morgan fingerprint density at radius 3 is 1.67 bits per heavy atom. The summed E-state index contributed by atoms with van der Waals surface area (Å²) in [6.45, 7) is 9.55. The van der Waals surface area contributed by atoms with Crippen LogP contribution < -0.4 is 0 Å². The average molecular weight is 358 g/mol. The zero-order valence-corrected chi connectivity index (χ0v) is 16.3. The molecule has 0 aromatic carbocycles. The van der Waals surface area contributed by atoms with Crippen LogP contribution in [0.25, 0.3) is 0 Å². The molecule has 1 heteroatoms. The molecule has 0 nitrogen and oxygen atoms in total. The molecule has 110 valence electrons. The fourth-order valence-electron chi connectivity index (χ4n) is 5.31. The first kappa shape index (κ1) is 14.4. The van der Waals surface area contributed by atoms with Crippen LogP contribution >= 0.6 is 0 Å². The molecule has 0 spiro atoms. The maximum absolute atomic E-state index is 2.53. The van der Waals surface area contributed by atoms with Crippen LogP contribution in [0.5, 0.6) is 0 Å². The van der Waals surface area contributed by atoms with Gasteiger partial charge in [0.1, 0.15) is 0 Å². The third-order valence-corrected chi connectivity index (χ3v) is 11.0. The van der Waals surface area contributed by atoms with Gasteiger partial charge in [-0.15, -0.1) is 0 Å². The van der Waals surface area contributed by atoms with E-state index in [2.05, 4.69) is 39.8 Å². The quantitative estimate of drug-likeness (QED) is 0.567. The van der Waals surface area contributed by atoms with E-state index >= 15 is 0 Å². The van der Waals surface area contributed by atoms with Gasteiger partial charge in [-0.05, 0) is 0 Å². The van der Waals surface area contributed by atoms with Crippen molar-refractivity contribution in [2.24, 2.45) is 11.8 Å². The van der Waals surface area contributed by atoms with Crippen LogP contribution in [0.1, 0.15) is 53.4 Å². The first-order valence-electron chi connectivity index (χ1n) is 8.65. The van der Waals surface area contributed by atoms with Gasteiger partial charge in [-0.1, -0.05) is 0 Å². The molecule has 0 saturated carbocycles. The summed E-state index contributed by atoms with van der Waals surface area (Å²) in [6, 6.07) is 0. The van der Waals surface area contributed by atoms with Crippen LogP contribution in [0.2, 0.25) is 7.25 Å². The SMILES string of the molecule is CC1=CC(C)C2=C1[CH]([Zr][CH]1CCC3=C1C(C)=CC3C)CC2. The number of hydrogen-bond donors (Lipinski definition) is 0. The van der Waals surface area contributed by atoms with Gasteiger partial charge in [0, 0.05) is 0 Å². The average Bonchev–Trinajstić information content (AvgIpc) is 3.12. The van der Waals surface area contributed by atoms with Gasteiger partial charge in [0.2, 0.25) is 0 Å². The van der Waals surface area contributed by atoms with Crippen LogP contribution in [0.15, 0.2) is 45.6 Å². The van der Waals surface area contributed by atoms with Crippen LogP contribution in [-0.2, 0) is 23.2 Å². The second kappa shape index (κ2) is 5.19. The van der Waals surface area contributed by atoms with Gasteiger partial charge in [0.05, 0.1) is 0 Å². The molecule has 0 aromatic heterocycles. The van der Waals surface area contributed by atoms with E-state index in [4.69, 9.17) is 0 Å². The van der Waals surface area contributed by atoms with E-state index in [0.717, 1.165) is 19.1 Å². The van der Waals surface area contributed by atoms with Crippen molar-refractivity contribution in [3.05, 3.63) is 45.6 Å². The summed E-state index contributed by atoms with van der Waals surface area (Å²) in [5.74, 6) is 1.49. The number of rotatable bonds is 2. The first-order chi connectivity index (χ1) is 10.1. The molecule has 0 bridgehead atoms. The van der Waals surface area contributed by atoms with E-state index < -0.39 is 0 Å². The molecule has 4 unspecified atom stereocenters. The molecule has 0 N–H and O–H groups in total. The van der Waals surface area contributed by atoms with E-state index in [9.17, 15) is 0 Å². The standard InChI is InChI=1S/2C10H13.Zr/c2*1-7-6-8(2)10-5-3-4-9(7)10;/h2*4,6,8H,3,5H2,1-2H3;. The maximum atomic E-state index is 2.53. The monoisotopic (exact) mass is 356 g/mol. The van der Waals surface area contributed by atoms with Gasteiger partial charge < -0.3 is 0 Å². The van der Waals surface area contributed by atoms with Crippen LogP contribution in [-0.4, -0.2) is 0 Å². The summed E-state index contributed by atoms with van der Waals surface area (Å²) >= 11 is -0.368. The summed E-state index contributed by atoms with van der Waals surface area (Å²) < 4.78 is 2.04. The van der Waals surface area contributed by atoms with Gasteiger partial charge in [-0.3, -0.25) is 0 Å². The van der Waals surface area contributed by atoms with E-state index in [-0.39, 0.29) is 23.2 Å². The van der Waals surface area contributed by atoms with Crippen LogP contribution in [0, 0.1) is 11.8 Å². The Kier molecular flexibility index (Phi) is 3.57. The summed E-state index contributed by atoms with van der Waals surface area (Å²) in [4.78, 5) is 0. The molecule has 0 saturated heterocycles. The molecule has 21 heavy (non-hydrogen) atoms. The second-order valence-corrected chi connectivity index (χ2v) is 11.7. The molecule has 4 atom stereocenters. The molecule has 0 fully saturated rings. The Morgan fingerprint density at radius 2 is 1.24 bits per heavy atom. The van der Waals surface area contributed by atoms with Crippen molar-refractivity contribution in [1.82, 2.24) is 0 Å². The normalized spacial score (nSPS) is 37.9. The molecule has 0 heterocycles. The van der Waals surface area contributed by atoms with Crippen molar-refractivity contribution in [3.8, 4) is 0 Å². The Hall–Kier alpha value is -0.157. The van der Waals surface area contributed by atoms with E-state index in [1.807, 2.05) is 22.3 Å². The Bertz CT molecular complexity index is 560. The number of hydrogen-bond acceptors (Lipinski definition) is 0. The summed E-state index contributed by atoms with van der Waals surface area (Å²) in [6.07, 6.45) is 10.8. The van der Waals surface area contributed by atoms with Gasteiger partial charge in [-0.2, -0.15) is 0 Å². The molecule has 4 aliphatic carbocycles. The van der Waals surface area contributed by atoms with Crippen molar-refractivity contribution >= 4 is 0 Å². The van der Waals surface area contributed by atoms with Gasteiger partial charge in [-0.25, -0.2) is 0 Å². The summed E-state index contributed by atoms with van der Waals surface area (Å²) in [7, 11) is 0. The topological polar surface area (TPSA) is 0 Å². The van der Waals surface area contributed by atoms with Gasteiger partial charge in [0.15, 0.2) is 0 Å². The predicted octanol–water partition coefficient (Wildman–Crippen LogP) is 6.02. The van der Waals surface area contributed by atoms with Crippen LogP contribution in [0.3, 0.4) is 0 Å². The molecule has 4 rings (SSSR count). The van der Waals surface area contributed by atoms with Gasteiger partial charge in [0.25, 0.3) is 0 Å². The predicted molar refractivity (Wildman–Crippen MR) is 85.9 cm³/mol. The molecule has 4 aliphatic rings. The van der Waals surface area contributed by atoms with Gasteiger partial charge >= 0.3 is 141 Å². The molecule has 0 amide bonds. The van der Waals surface area contributed by atoms with Crippen molar-refractivity contribution in [3.63, 3.8) is 0 Å². The third kappa shape index (κ3) is 2.18. The zero-order valence-electron chi connectivity index (χ0n) is 13.8. The molecule has 0 aromatic rings. The molecule has 0 aliphatic heterocycles. The second-order valence-electron chi connectivity index (χ2n) is 7.50. The third-order valence-electron chi connectivity index (χ3n) is 6.14. The molecule has 0 radical (unpaired) electrons. The fourth-order valence-corrected chi connectivity index (χ4v) is 10.9. The van der Waals surface area contributed by atoms with Crippen molar-refractivity contribution in [2.75, 3.05) is 0 Å². The first-order valence-corrected chi connectivity index (χ1v) is 11.5. The van der Waals surface area contributed by atoms with Crippen molar-refractivity contribution in [2.45, 2.75) is 60.6 Å². The Morgan fingerprint density at radius 1 is 0.810 bits per heavy atom. The Labute approximate surface area is 141 Å². The fraction of sp³-hybridized carbons (Fsp3) is 0.600. The molecular formula is C20H26Zr. The zero-order chi connectivity index (χ0) is 14.7.